The first-order chi connectivity index (χ1) is 8.86. The number of rotatable bonds is 2. The number of aldehydes is 1. The predicted octanol–water partition coefficient (Wildman–Crippen LogP) is 3.04. The highest BCUT2D eigenvalue weighted by molar-refractivity contribution is 5.87. The van der Waals surface area contributed by atoms with Crippen LogP contribution in [-0.2, 0) is 0 Å². The average molecular weight is 240 g/mol. The molecular formula is C15H16N2O. The maximum absolute atomic E-state index is 10.8. The van der Waals surface area contributed by atoms with Crippen molar-refractivity contribution in [2.75, 3.05) is 18.0 Å². The van der Waals surface area contributed by atoms with Gasteiger partial charge >= 0.3 is 0 Å². The monoisotopic (exact) mass is 240 g/mol. The summed E-state index contributed by atoms with van der Waals surface area (Å²) in [6, 6.07) is 9.80. The molecule has 0 bridgehead atoms. The topological polar surface area (TPSA) is 33.2 Å². The summed E-state index contributed by atoms with van der Waals surface area (Å²) in [5, 5.41) is 1.08. The molecule has 1 aromatic heterocycles. The minimum atomic E-state index is 0.686. The number of fused-ring (bicyclic) bond motifs is 1. The minimum absolute atomic E-state index is 0.686. The molecule has 2 aromatic rings. The van der Waals surface area contributed by atoms with Crippen molar-refractivity contribution in [1.82, 2.24) is 4.98 Å². The quantitative estimate of drug-likeness (QED) is 0.756. The largest absolute Gasteiger partial charge is 0.357 e. The van der Waals surface area contributed by atoms with Gasteiger partial charge in [-0.3, -0.25) is 4.79 Å². The summed E-state index contributed by atoms with van der Waals surface area (Å²) in [5.74, 6) is 1.03. The van der Waals surface area contributed by atoms with Gasteiger partial charge < -0.3 is 4.90 Å². The Morgan fingerprint density at radius 1 is 1.06 bits per heavy atom. The highest BCUT2D eigenvalue weighted by atomic mass is 16.1. The van der Waals surface area contributed by atoms with Gasteiger partial charge in [0.2, 0.25) is 0 Å². The molecular weight excluding hydrogens is 224 g/mol. The molecule has 1 saturated heterocycles. The van der Waals surface area contributed by atoms with E-state index in [2.05, 4.69) is 22.0 Å². The lowest BCUT2D eigenvalue weighted by molar-refractivity contribution is 0.112. The third-order valence-corrected chi connectivity index (χ3v) is 3.52. The molecule has 1 aliphatic heterocycles. The number of anilines is 1. The van der Waals surface area contributed by atoms with Crippen LogP contribution in [0.5, 0.6) is 0 Å². The fourth-order valence-corrected chi connectivity index (χ4v) is 2.50. The summed E-state index contributed by atoms with van der Waals surface area (Å²) in [6.45, 7) is 2.18. The zero-order valence-electron chi connectivity index (χ0n) is 10.3. The Morgan fingerprint density at radius 3 is 2.61 bits per heavy atom. The standard InChI is InChI=1S/C15H16N2O/c18-11-12-4-5-13-6-7-15(16-14(13)10-12)17-8-2-1-3-9-17/h4-7,10-11H,1-3,8-9H2. The maximum Gasteiger partial charge on any atom is 0.150 e. The molecule has 92 valence electrons. The minimum Gasteiger partial charge on any atom is -0.357 e. The van der Waals surface area contributed by atoms with E-state index in [9.17, 15) is 4.79 Å². The normalized spacial score (nSPS) is 15.9. The number of aromatic nitrogens is 1. The van der Waals surface area contributed by atoms with Gasteiger partial charge in [-0.25, -0.2) is 4.98 Å². The van der Waals surface area contributed by atoms with Crippen LogP contribution in [-0.4, -0.2) is 24.4 Å². The molecule has 0 saturated carbocycles. The Bertz CT molecular complexity index is 574. The van der Waals surface area contributed by atoms with E-state index in [1.54, 1.807) is 0 Å². The van der Waals surface area contributed by atoms with Crippen molar-refractivity contribution in [2.45, 2.75) is 19.3 Å². The fraction of sp³-hybridized carbons (Fsp3) is 0.333. The van der Waals surface area contributed by atoms with Gasteiger partial charge in [-0.2, -0.15) is 0 Å². The van der Waals surface area contributed by atoms with Crippen LogP contribution < -0.4 is 4.90 Å². The molecule has 18 heavy (non-hydrogen) atoms. The van der Waals surface area contributed by atoms with E-state index < -0.39 is 0 Å². The molecule has 0 N–H and O–H groups in total. The average Bonchev–Trinajstić information content (AvgIpc) is 2.47. The van der Waals surface area contributed by atoms with Crippen LogP contribution in [0.4, 0.5) is 5.82 Å². The van der Waals surface area contributed by atoms with Crippen LogP contribution in [0.2, 0.25) is 0 Å². The van der Waals surface area contributed by atoms with Gasteiger partial charge in [-0.1, -0.05) is 12.1 Å². The number of pyridine rings is 1. The van der Waals surface area contributed by atoms with Gasteiger partial charge in [0.15, 0.2) is 0 Å². The van der Waals surface area contributed by atoms with Crippen LogP contribution in [0.3, 0.4) is 0 Å². The smallest absolute Gasteiger partial charge is 0.150 e. The van der Waals surface area contributed by atoms with Crippen molar-refractivity contribution in [3.8, 4) is 0 Å². The molecule has 0 amide bonds. The zero-order chi connectivity index (χ0) is 12.4. The van der Waals surface area contributed by atoms with Crippen molar-refractivity contribution >= 4 is 23.0 Å². The Hall–Kier alpha value is -1.90. The third-order valence-electron chi connectivity index (χ3n) is 3.52. The summed E-state index contributed by atoms with van der Waals surface area (Å²) in [7, 11) is 0. The number of nitrogens with zero attached hydrogens (tertiary/aromatic N) is 2. The highest BCUT2D eigenvalue weighted by Crippen LogP contribution is 2.21. The molecule has 1 aromatic carbocycles. The lowest BCUT2D eigenvalue weighted by Gasteiger charge is -2.27. The Morgan fingerprint density at radius 2 is 1.83 bits per heavy atom. The Balaban J connectivity index is 2.00. The second-order valence-electron chi connectivity index (χ2n) is 4.79. The molecule has 0 atom stereocenters. The molecule has 1 aliphatic rings. The lowest BCUT2D eigenvalue weighted by atomic mass is 10.1. The Kier molecular flexibility index (Phi) is 2.97. The molecule has 3 rings (SSSR count). The number of carbonyl (C=O) groups is 1. The predicted molar refractivity (Wildman–Crippen MR) is 73.2 cm³/mol. The number of piperidine rings is 1. The van der Waals surface area contributed by atoms with E-state index in [1.807, 2.05) is 18.2 Å². The van der Waals surface area contributed by atoms with Gasteiger partial charge in [-0.15, -0.1) is 0 Å². The van der Waals surface area contributed by atoms with Crippen molar-refractivity contribution in [1.29, 1.82) is 0 Å². The maximum atomic E-state index is 10.8. The van der Waals surface area contributed by atoms with Crippen LogP contribution in [0, 0.1) is 0 Å². The van der Waals surface area contributed by atoms with E-state index in [4.69, 9.17) is 0 Å². The third kappa shape index (κ3) is 2.08. The number of benzene rings is 1. The molecule has 0 unspecified atom stereocenters. The van der Waals surface area contributed by atoms with E-state index in [1.165, 1.54) is 19.3 Å². The first kappa shape index (κ1) is 11.2. The number of hydrogen-bond donors (Lipinski definition) is 0. The van der Waals surface area contributed by atoms with Crippen LogP contribution in [0.15, 0.2) is 30.3 Å². The molecule has 0 spiro atoms. The van der Waals surface area contributed by atoms with Gasteiger partial charge in [0.1, 0.15) is 12.1 Å². The van der Waals surface area contributed by atoms with Crippen LogP contribution >= 0.6 is 0 Å². The van der Waals surface area contributed by atoms with Gasteiger partial charge in [0, 0.05) is 24.0 Å². The Labute approximate surface area is 106 Å². The molecule has 0 radical (unpaired) electrons. The van der Waals surface area contributed by atoms with Crippen LogP contribution in [0.1, 0.15) is 29.6 Å². The molecule has 0 aliphatic carbocycles. The summed E-state index contributed by atoms with van der Waals surface area (Å²) in [4.78, 5) is 17.8. The van der Waals surface area contributed by atoms with E-state index >= 15 is 0 Å². The number of hydrogen-bond acceptors (Lipinski definition) is 3. The van der Waals surface area contributed by atoms with Gasteiger partial charge in [-0.05, 0) is 37.5 Å². The second kappa shape index (κ2) is 4.77. The number of carbonyl (C=O) groups excluding carboxylic acids is 1. The van der Waals surface area contributed by atoms with E-state index in [0.717, 1.165) is 36.1 Å². The second-order valence-corrected chi connectivity index (χ2v) is 4.79. The first-order valence-electron chi connectivity index (χ1n) is 6.48. The molecule has 3 nitrogen and oxygen atoms in total. The van der Waals surface area contributed by atoms with Crippen molar-refractivity contribution in [3.05, 3.63) is 35.9 Å². The summed E-state index contributed by atoms with van der Waals surface area (Å²) in [5.41, 5.74) is 1.59. The SMILES string of the molecule is O=Cc1ccc2ccc(N3CCCCC3)nc2c1. The summed E-state index contributed by atoms with van der Waals surface area (Å²) in [6.07, 6.45) is 4.68. The van der Waals surface area contributed by atoms with Crippen molar-refractivity contribution in [3.63, 3.8) is 0 Å². The van der Waals surface area contributed by atoms with E-state index in [0.29, 0.717) is 5.56 Å². The molecule has 1 fully saturated rings. The lowest BCUT2D eigenvalue weighted by Crippen LogP contribution is -2.30. The van der Waals surface area contributed by atoms with Crippen LogP contribution in [0.25, 0.3) is 10.9 Å². The van der Waals surface area contributed by atoms with Gasteiger partial charge in [0.25, 0.3) is 0 Å². The highest BCUT2D eigenvalue weighted by Gasteiger charge is 2.12. The van der Waals surface area contributed by atoms with E-state index in [-0.39, 0.29) is 0 Å². The summed E-state index contributed by atoms with van der Waals surface area (Å²) >= 11 is 0. The fourth-order valence-electron chi connectivity index (χ4n) is 2.50. The molecule has 2 heterocycles. The van der Waals surface area contributed by atoms with Crippen molar-refractivity contribution in [2.24, 2.45) is 0 Å². The first-order valence-corrected chi connectivity index (χ1v) is 6.48. The summed E-state index contributed by atoms with van der Waals surface area (Å²) < 4.78 is 0. The van der Waals surface area contributed by atoms with Gasteiger partial charge in [0.05, 0.1) is 5.52 Å². The molecule has 3 heteroatoms. The van der Waals surface area contributed by atoms with Crippen molar-refractivity contribution < 1.29 is 4.79 Å². The zero-order valence-corrected chi connectivity index (χ0v) is 10.3.